The van der Waals surface area contributed by atoms with Gasteiger partial charge >= 0.3 is 0 Å². The van der Waals surface area contributed by atoms with Gasteiger partial charge in [0.1, 0.15) is 13.2 Å². The highest BCUT2D eigenvalue weighted by Crippen LogP contribution is 2.38. The van der Waals surface area contributed by atoms with Crippen molar-refractivity contribution in [2.45, 2.75) is 193 Å². The smallest absolute Gasteiger partial charge is 0.268 e. The lowest BCUT2D eigenvalue weighted by Crippen LogP contribution is -2.45. The predicted molar refractivity (Wildman–Crippen MR) is 201 cm³/mol. The number of carbonyl (C=O) groups is 1. The molecule has 0 radical (unpaired) electrons. The van der Waals surface area contributed by atoms with Crippen LogP contribution in [0.2, 0.25) is 0 Å². The van der Waals surface area contributed by atoms with E-state index in [0.29, 0.717) is 23.9 Å². The third kappa shape index (κ3) is 33.7. The van der Waals surface area contributed by atoms with Gasteiger partial charge < -0.3 is 28.8 Å². The van der Waals surface area contributed by atoms with E-state index in [4.69, 9.17) is 9.05 Å². The second kappa shape index (κ2) is 32.2. The number of carbonyl (C=O) groups excluding carboxylic acids is 1. The summed E-state index contributed by atoms with van der Waals surface area (Å²) in [6, 6.07) is -0.876. The Morgan fingerprint density at radius 1 is 0.708 bits per heavy atom. The molecule has 0 bridgehead atoms. The van der Waals surface area contributed by atoms with E-state index < -0.39 is 20.0 Å². The number of rotatable bonds is 36. The van der Waals surface area contributed by atoms with Gasteiger partial charge in [0.05, 0.1) is 39.9 Å². The second-order valence-electron chi connectivity index (χ2n) is 15.0. The molecular formula is C39H79N2O6P. The topological polar surface area (TPSA) is 108 Å². The summed E-state index contributed by atoms with van der Waals surface area (Å²) in [6.07, 6.45) is 35.7. The van der Waals surface area contributed by atoms with Crippen molar-refractivity contribution >= 4 is 13.7 Å². The van der Waals surface area contributed by atoms with E-state index in [9.17, 15) is 19.4 Å². The maximum atomic E-state index is 12.2. The lowest BCUT2D eigenvalue weighted by molar-refractivity contribution is -0.870. The summed E-state index contributed by atoms with van der Waals surface area (Å²) >= 11 is 0. The zero-order chi connectivity index (χ0) is 35.8. The quantitative estimate of drug-likeness (QED) is 0.0291. The summed E-state index contributed by atoms with van der Waals surface area (Å²) in [5.41, 5.74) is 0. The van der Waals surface area contributed by atoms with Gasteiger partial charge in [0.2, 0.25) is 5.91 Å². The molecule has 0 aromatic rings. The molecule has 0 aromatic heterocycles. The molecule has 0 heterocycles. The minimum absolute atomic E-state index is 0.000835. The highest BCUT2D eigenvalue weighted by molar-refractivity contribution is 7.45. The molecule has 3 atom stereocenters. The Morgan fingerprint density at radius 2 is 1.12 bits per heavy atom. The van der Waals surface area contributed by atoms with Gasteiger partial charge in [-0.05, 0) is 19.3 Å². The van der Waals surface area contributed by atoms with E-state index in [-0.39, 0.29) is 19.1 Å². The second-order valence-corrected chi connectivity index (χ2v) is 16.4. The van der Waals surface area contributed by atoms with Gasteiger partial charge in [-0.3, -0.25) is 9.36 Å². The molecule has 1 amide bonds. The van der Waals surface area contributed by atoms with Crippen LogP contribution in [0.3, 0.4) is 0 Å². The van der Waals surface area contributed by atoms with E-state index >= 15 is 0 Å². The minimum atomic E-state index is -4.55. The first-order chi connectivity index (χ1) is 23.0. The van der Waals surface area contributed by atoms with Crippen molar-refractivity contribution in [2.24, 2.45) is 0 Å². The fraction of sp³-hybridized carbons (Fsp3) is 0.923. The lowest BCUT2D eigenvalue weighted by Gasteiger charge is -2.29. The van der Waals surface area contributed by atoms with Crippen molar-refractivity contribution in [1.82, 2.24) is 5.32 Å². The number of quaternary nitrogens is 1. The molecule has 0 spiro atoms. The van der Waals surface area contributed by atoms with E-state index in [1.165, 1.54) is 135 Å². The number of unbranched alkanes of at least 4 members (excludes halogenated alkanes) is 23. The first-order valence-corrected chi connectivity index (χ1v) is 21.5. The van der Waals surface area contributed by atoms with E-state index in [0.717, 1.165) is 19.3 Å². The number of aliphatic hydroxyl groups excluding tert-OH is 1. The molecule has 48 heavy (non-hydrogen) atoms. The molecule has 0 aromatic carbocycles. The standard InChI is InChI=1S/C39H79N2O6P/c1-6-8-9-10-11-12-13-14-15-16-17-18-19-20-21-22-23-24-25-26-27-28-29-30-31-33-38(42)37(40-39(43)32-7-2)36-47-48(44,45)46-35-34-41(3,4)5/h31,33,37-38,42H,6-30,32,34-36H2,1-5H3,(H-,40,43,44,45)/b33-31+. The summed E-state index contributed by atoms with van der Waals surface area (Å²) < 4.78 is 22.7. The number of amides is 1. The molecule has 9 heteroatoms. The first-order valence-electron chi connectivity index (χ1n) is 20.1. The Balaban J connectivity index is 3.85. The normalized spacial score (nSPS) is 14.7. The Kier molecular flexibility index (Phi) is 31.7. The largest absolute Gasteiger partial charge is 0.756 e. The van der Waals surface area contributed by atoms with Gasteiger partial charge in [0.25, 0.3) is 7.82 Å². The van der Waals surface area contributed by atoms with Crippen molar-refractivity contribution in [3.8, 4) is 0 Å². The molecule has 3 unspecified atom stereocenters. The average Bonchev–Trinajstić information content (AvgIpc) is 3.02. The highest BCUT2D eigenvalue weighted by atomic mass is 31.2. The van der Waals surface area contributed by atoms with Crippen molar-refractivity contribution in [3.05, 3.63) is 12.2 Å². The monoisotopic (exact) mass is 703 g/mol. The third-order valence-corrected chi connectivity index (χ3v) is 9.93. The van der Waals surface area contributed by atoms with Crippen molar-refractivity contribution in [3.63, 3.8) is 0 Å². The molecule has 0 rings (SSSR count). The fourth-order valence-electron chi connectivity index (χ4n) is 5.78. The molecule has 0 aliphatic heterocycles. The van der Waals surface area contributed by atoms with Crippen LogP contribution >= 0.6 is 7.82 Å². The molecule has 0 aliphatic rings. The van der Waals surface area contributed by atoms with Crippen LogP contribution < -0.4 is 10.2 Å². The van der Waals surface area contributed by atoms with E-state index in [2.05, 4.69) is 12.2 Å². The number of hydrogen-bond donors (Lipinski definition) is 2. The summed E-state index contributed by atoms with van der Waals surface area (Å²) in [5, 5.41) is 13.4. The highest BCUT2D eigenvalue weighted by Gasteiger charge is 2.23. The Bertz CT molecular complexity index is 804. The van der Waals surface area contributed by atoms with Gasteiger partial charge in [-0.2, -0.15) is 0 Å². The molecule has 8 nitrogen and oxygen atoms in total. The summed E-state index contributed by atoms with van der Waals surface area (Å²) in [7, 11) is 1.26. The van der Waals surface area contributed by atoms with Gasteiger partial charge in [-0.1, -0.05) is 167 Å². The van der Waals surface area contributed by atoms with Gasteiger partial charge in [-0.15, -0.1) is 0 Å². The zero-order valence-corrected chi connectivity index (χ0v) is 33.1. The van der Waals surface area contributed by atoms with Crippen LogP contribution in [0.4, 0.5) is 0 Å². The van der Waals surface area contributed by atoms with Crippen LogP contribution in [0.25, 0.3) is 0 Å². The van der Waals surface area contributed by atoms with E-state index in [1.807, 2.05) is 34.1 Å². The van der Waals surface area contributed by atoms with Crippen LogP contribution in [-0.2, 0) is 18.4 Å². The van der Waals surface area contributed by atoms with Crippen molar-refractivity contribution in [1.29, 1.82) is 0 Å². The lowest BCUT2D eigenvalue weighted by atomic mass is 10.0. The Labute approximate surface area is 297 Å². The fourth-order valence-corrected chi connectivity index (χ4v) is 6.51. The summed E-state index contributed by atoms with van der Waals surface area (Å²) in [6.45, 7) is 4.29. The maximum absolute atomic E-state index is 12.2. The summed E-state index contributed by atoms with van der Waals surface area (Å²) in [4.78, 5) is 24.4. The number of aliphatic hydroxyl groups is 1. The number of hydrogen-bond acceptors (Lipinski definition) is 6. The number of allylic oxidation sites excluding steroid dienone is 1. The number of likely N-dealkylation sites (N-methyl/N-ethyl adjacent to an activating group) is 1. The molecule has 0 aliphatic carbocycles. The van der Waals surface area contributed by atoms with Gasteiger partial charge in [0, 0.05) is 6.42 Å². The number of nitrogens with zero attached hydrogens (tertiary/aromatic N) is 1. The van der Waals surface area contributed by atoms with Gasteiger partial charge in [0.15, 0.2) is 0 Å². The minimum Gasteiger partial charge on any atom is -0.756 e. The number of phosphoric acid groups is 1. The molecule has 2 N–H and O–H groups in total. The molecular weight excluding hydrogens is 623 g/mol. The Morgan fingerprint density at radius 3 is 1.52 bits per heavy atom. The Hall–Kier alpha value is -0.760. The van der Waals surface area contributed by atoms with Crippen molar-refractivity contribution in [2.75, 3.05) is 40.9 Å². The molecule has 286 valence electrons. The summed E-state index contributed by atoms with van der Waals surface area (Å²) in [5.74, 6) is -0.250. The van der Waals surface area contributed by atoms with Crippen LogP contribution in [0.1, 0.15) is 181 Å². The third-order valence-electron chi connectivity index (χ3n) is 8.97. The van der Waals surface area contributed by atoms with Crippen LogP contribution in [0.15, 0.2) is 12.2 Å². The number of nitrogens with one attached hydrogen (secondary N) is 1. The molecule has 0 saturated heterocycles. The van der Waals surface area contributed by atoms with Crippen molar-refractivity contribution < 1.29 is 32.9 Å². The SMILES string of the molecule is CCCCCCCCCCCCCCCCCCCCCCCCC/C=C/C(O)C(COP(=O)([O-])OCC[N+](C)(C)C)NC(=O)CCC. The van der Waals surface area contributed by atoms with E-state index in [1.54, 1.807) is 6.08 Å². The van der Waals surface area contributed by atoms with Crippen LogP contribution in [0.5, 0.6) is 0 Å². The first kappa shape index (κ1) is 47.2. The van der Waals surface area contributed by atoms with Crippen LogP contribution in [-0.4, -0.2) is 68.5 Å². The molecule has 0 fully saturated rings. The molecule has 0 saturated carbocycles. The number of phosphoric ester groups is 1. The van der Waals surface area contributed by atoms with Crippen LogP contribution in [0, 0.1) is 0 Å². The maximum Gasteiger partial charge on any atom is 0.268 e. The average molecular weight is 703 g/mol. The van der Waals surface area contributed by atoms with Gasteiger partial charge in [-0.25, -0.2) is 0 Å². The predicted octanol–water partition coefficient (Wildman–Crippen LogP) is 9.78. The zero-order valence-electron chi connectivity index (χ0n) is 32.2.